The molecule has 0 aliphatic rings. The molecule has 0 spiro atoms. The number of anilines is 1. The van der Waals surface area contributed by atoms with E-state index in [9.17, 15) is 4.79 Å². The molecule has 1 aromatic heterocycles. The van der Waals surface area contributed by atoms with Crippen LogP contribution in [0.5, 0.6) is 0 Å². The van der Waals surface area contributed by atoms with Gasteiger partial charge >= 0.3 is 6.09 Å². The van der Waals surface area contributed by atoms with Crippen LogP contribution in [0.3, 0.4) is 0 Å². The van der Waals surface area contributed by atoms with E-state index in [1.165, 1.54) is 5.56 Å². The zero-order valence-electron chi connectivity index (χ0n) is 15.4. The number of amides is 1. The van der Waals surface area contributed by atoms with Gasteiger partial charge in [0.05, 0.1) is 11.4 Å². The monoisotopic (exact) mass is 348 g/mol. The summed E-state index contributed by atoms with van der Waals surface area (Å²) in [5.41, 5.74) is 3.42. The van der Waals surface area contributed by atoms with Crippen LogP contribution in [0.15, 0.2) is 72.9 Å². The number of nitrogens with one attached hydrogen (secondary N) is 1. The molecular formula is C22H24N2O2. The summed E-state index contributed by atoms with van der Waals surface area (Å²) >= 11 is 0. The van der Waals surface area contributed by atoms with Gasteiger partial charge in [-0.05, 0) is 44.5 Å². The highest BCUT2D eigenvalue weighted by Gasteiger charge is 2.18. The molecule has 26 heavy (non-hydrogen) atoms. The van der Waals surface area contributed by atoms with E-state index >= 15 is 0 Å². The van der Waals surface area contributed by atoms with Gasteiger partial charge in [-0.2, -0.15) is 0 Å². The summed E-state index contributed by atoms with van der Waals surface area (Å²) in [6.07, 6.45) is 1.60. The van der Waals surface area contributed by atoms with Crippen molar-refractivity contribution in [3.8, 4) is 11.3 Å². The van der Waals surface area contributed by atoms with Gasteiger partial charge < -0.3 is 9.30 Å². The van der Waals surface area contributed by atoms with E-state index in [-0.39, 0.29) is 0 Å². The third-order valence-corrected chi connectivity index (χ3v) is 3.86. The number of rotatable bonds is 4. The third kappa shape index (κ3) is 4.54. The molecular weight excluding hydrogens is 324 g/mol. The van der Waals surface area contributed by atoms with E-state index in [1.807, 2.05) is 75.5 Å². The van der Waals surface area contributed by atoms with Gasteiger partial charge in [0.2, 0.25) is 0 Å². The van der Waals surface area contributed by atoms with Crippen LogP contribution in [-0.4, -0.2) is 16.3 Å². The number of aromatic nitrogens is 1. The van der Waals surface area contributed by atoms with E-state index in [0.29, 0.717) is 0 Å². The van der Waals surface area contributed by atoms with Crippen molar-refractivity contribution in [1.82, 2.24) is 4.57 Å². The summed E-state index contributed by atoms with van der Waals surface area (Å²) in [5.74, 6) is 0. The normalized spacial score (nSPS) is 11.2. The summed E-state index contributed by atoms with van der Waals surface area (Å²) < 4.78 is 7.55. The van der Waals surface area contributed by atoms with E-state index in [4.69, 9.17) is 4.74 Å². The molecule has 0 saturated heterocycles. The van der Waals surface area contributed by atoms with E-state index in [0.717, 1.165) is 23.5 Å². The topological polar surface area (TPSA) is 43.3 Å². The quantitative estimate of drug-likeness (QED) is 0.671. The van der Waals surface area contributed by atoms with Crippen molar-refractivity contribution < 1.29 is 9.53 Å². The predicted octanol–water partition coefficient (Wildman–Crippen LogP) is 5.55. The summed E-state index contributed by atoms with van der Waals surface area (Å²) in [5, 5.41) is 2.87. The Kier molecular flexibility index (Phi) is 5.12. The lowest BCUT2D eigenvalue weighted by Crippen LogP contribution is -2.27. The first-order valence-corrected chi connectivity index (χ1v) is 8.71. The Hall–Kier alpha value is -3.01. The van der Waals surface area contributed by atoms with Crippen molar-refractivity contribution in [3.63, 3.8) is 0 Å². The summed E-state index contributed by atoms with van der Waals surface area (Å²) in [6, 6.07) is 22.1. The maximum absolute atomic E-state index is 12.2. The summed E-state index contributed by atoms with van der Waals surface area (Å²) in [6.45, 7) is 6.32. The first-order valence-electron chi connectivity index (χ1n) is 8.71. The fourth-order valence-corrected chi connectivity index (χ4v) is 2.81. The smallest absolute Gasteiger partial charge is 0.412 e. The standard InChI is InChI=1S/C22H24N2O2/c1-22(2,3)26-21(25)23-19-13-8-7-12-18(19)20-14-9-15-24(20)16-17-10-5-4-6-11-17/h4-15H,16H2,1-3H3,(H,23,25). The number of nitrogens with zero attached hydrogens (tertiary/aromatic N) is 1. The molecule has 1 heterocycles. The molecule has 3 rings (SSSR count). The van der Waals surface area contributed by atoms with Gasteiger partial charge in [0.1, 0.15) is 5.60 Å². The highest BCUT2D eigenvalue weighted by Crippen LogP contribution is 2.29. The lowest BCUT2D eigenvalue weighted by molar-refractivity contribution is 0.0636. The van der Waals surface area contributed by atoms with Gasteiger partial charge in [0, 0.05) is 18.3 Å². The van der Waals surface area contributed by atoms with Gasteiger partial charge in [-0.1, -0.05) is 48.5 Å². The summed E-state index contributed by atoms with van der Waals surface area (Å²) in [7, 11) is 0. The molecule has 4 heteroatoms. The van der Waals surface area contributed by atoms with Crippen LogP contribution in [-0.2, 0) is 11.3 Å². The van der Waals surface area contributed by atoms with Crippen molar-refractivity contribution >= 4 is 11.8 Å². The molecule has 0 atom stereocenters. The first kappa shape index (κ1) is 17.8. The number of benzene rings is 2. The molecule has 0 fully saturated rings. The Morgan fingerprint density at radius 2 is 1.65 bits per heavy atom. The zero-order chi connectivity index (χ0) is 18.6. The maximum atomic E-state index is 12.2. The van der Waals surface area contributed by atoms with Crippen LogP contribution in [0.4, 0.5) is 10.5 Å². The highest BCUT2D eigenvalue weighted by atomic mass is 16.6. The molecule has 2 aromatic carbocycles. The highest BCUT2D eigenvalue weighted by molar-refractivity contribution is 5.91. The predicted molar refractivity (Wildman–Crippen MR) is 105 cm³/mol. The van der Waals surface area contributed by atoms with Crippen molar-refractivity contribution in [2.24, 2.45) is 0 Å². The number of ether oxygens (including phenoxy) is 1. The van der Waals surface area contributed by atoms with Crippen LogP contribution in [0.2, 0.25) is 0 Å². The molecule has 0 aliphatic heterocycles. The minimum absolute atomic E-state index is 0.453. The molecule has 0 aliphatic carbocycles. The molecule has 134 valence electrons. The lowest BCUT2D eigenvalue weighted by atomic mass is 10.1. The fraction of sp³-hybridized carbons (Fsp3) is 0.227. The Bertz CT molecular complexity index is 876. The molecule has 0 unspecified atom stereocenters. The van der Waals surface area contributed by atoms with Crippen molar-refractivity contribution in [2.75, 3.05) is 5.32 Å². The zero-order valence-corrected chi connectivity index (χ0v) is 15.4. The van der Waals surface area contributed by atoms with Crippen LogP contribution < -0.4 is 5.32 Å². The Morgan fingerprint density at radius 3 is 2.38 bits per heavy atom. The Morgan fingerprint density at radius 1 is 0.962 bits per heavy atom. The van der Waals surface area contributed by atoms with Gasteiger partial charge in [-0.25, -0.2) is 4.79 Å². The maximum Gasteiger partial charge on any atom is 0.412 e. The average Bonchev–Trinajstić information content (AvgIpc) is 3.02. The van der Waals surface area contributed by atoms with Crippen LogP contribution in [0.25, 0.3) is 11.3 Å². The number of para-hydroxylation sites is 1. The number of carbonyl (C=O) groups excluding carboxylic acids is 1. The summed E-state index contributed by atoms with van der Waals surface area (Å²) in [4.78, 5) is 12.2. The second-order valence-corrected chi connectivity index (χ2v) is 7.18. The SMILES string of the molecule is CC(C)(C)OC(=O)Nc1ccccc1-c1cccn1Cc1ccccc1. The average molecular weight is 348 g/mol. The molecule has 0 radical (unpaired) electrons. The van der Waals surface area contributed by atoms with Crippen molar-refractivity contribution in [3.05, 3.63) is 78.5 Å². The fourth-order valence-electron chi connectivity index (χ4n) is 2.81. The lowest BCUT2D eigenvalue weighted by Gasteiger charge is -2.20. The van der Waals surface area contributed by atoms with Crippen LogP contribution in [0.1, 0.15) is 26.3 Å². The minimum atomic E-state index is -0.535. The van der Waals surface area contributed by atoms with Crippen molar-refractivity contribution in [1.29, 1.82) is 0 Å². The number of hydrogen-bond acceptors (Lipinski definition) is 2. The molecule has 0 saturated carbocycles. The Labute approximate surface area is 154 Å². The minimum Gasteiger partial charge on any atom is -0.444 e. The van der Waals surface area contributed by atoms with E-state index in [2.05, 4.69) is 28.1 Å². The molecule has 3 aromatic rings. The molecule has 0 bridgehead atoms. The van der Waals surface area contributed by atoms with Gasteiger partial charge in [-0.15, -0.1) is 0 Å². The van der Waals surface area contributed by atoms with Gasteiger partial charge in [0.25, 0.3) is 0 Å². The van der Waals surface area contributed by atoms with E-state index in [1.54, 1.807) is 0 Å². The first-order chi connectivity index (χ1) is 12.4. The van der Waals surface area contributed by atoms with Crippen molar-refractivity contribution in [2.45, 2.75) is 32.9 Å². The molecule has 4 nitrogen and oxygen atoms in total. The molecule has 1 N–H and O–H groups in total. The van der Waals surface area contributed by atoms with Crippen LogP contribution >= 0.6 is 0 Å². The number of carbonyl (C=O) groups is 1. The van der Waals surface area contributed by atoms with E-state index < -0.39 is 11.7 Å². The number of hydrogen-bond donors (Lipinski definition) is 1. The second kappa shape index (κ2) is 7.48. The Balaban J connectivity index is 1.87. The third-order valence-electron chi connectivity index (χ3n) is 3.86. The second-order valence-electron chi connectivity index (χ2n) is 7.18. The molecule has 1 amide bonds. The van der Waals surface area contributed by atoms with Gasteiger partial charge in [-0.3, -0.25) is 5.32 Å². The largest absolute Gasteiger partial charge is 0.444 e. The van der Waals surface area contributed by atoms with Gasteiger partial charge in [0.15, 0.2) is 0 Å². The van der Waals surface area contributed by atoms with Crippen LogP contribution in [0, 0.1) is 0 Å².